The van der Waals surface area contributed by atoms with Crippen LogP contribution in [0.1, 0.15) is 31.5 Å². The minimum absolute atomic E-state index is 0.268. The molecule has 0 aliphatic carbocycles. The van der Waals surface area contributed by atoms with Crippen molar-refractivity contribution in [3.05, 3.63) is 5.82 Å². The number of hydrogen-bond acceptors (Lipinski definition) is 4. The summed E-state index contributed by atoms with van der Waals surface area (Å²) in [5.74, 6) is 1.05. The summed E-state index contributed by atoms with van der Waals surface area (Å²) in [5, 5.41) is 16.0. The van der Waals surface area contributed by atoms with Crippen molar-refractivity contribution in [2.24, 2.45) is 0 Å². The molecule has 2 N–H and O–H groups in total. The molecule has 1 aromatic rings. The Morgan fingerprint density at radius 1 is 1.47 bits per heavy atom. The molecule has 15 heavy (non-hydrogen) atoms. The van der Waals surface area contributed by atoms with Gasteiger partial charge in [-0.15, -0.1) is 5.10 Å². The molecule has 0 unspecified atom stereocenters. The van der Waals surface area contributed by atoms with Crippen LogP contribution in [0.2, 0.25) is 0 Å². The van der Waals surface area contributed by atoms with E-state index in [1.165, 1.54) is 0 Å². The third-order valence-electron chi connectivity index (χ3n) is 1.84. The van der Waals surface area contributed by atoms with Crippen LogP contribution in [0.5, 0.6) is 0 Å². The van der Waals surface area contributed by atoms with Gasteiger partial charge in [-0.1, -0.05) is 18.2 Å². The van der Waals surface area contributed by atoms with E-state index < -0.39 is 5.97 Å². The molecule has 1 heterocycles. The highest BCUT2D eigenvalue weighted by atomic mass is 32.2. The molecule has 1 aromatic heterocycles. The second kappa shape index (κ2) is 6.44. The molecule has 0 saturated heterocycles. The van der Waals surface area contributed by atoms with Crippen LogP contribution in [-0.4, -0.2) is 32.0 Å². The zero-order chi connectivity index (χ0) is 11.1. The Morgan fingerprint density at radius 2 is 2.27 bits per heavy atom. The monoisotopic (exact) mass is 229 g/mol. The van der Waals surface area contributed by atoms with Gasteiger partial charge in [0.25, 0.3) is 0 Å². The van der Waals surface area contributed by atoms with E-state index in [1.807, 2.05) is 6.92 Å². The number of aliphatic carboxylic acids is 1. The van der Waals surface area contributed by atoms with Gasteiger partial charge >= 0.3 is 5.97 Å². The molecule has 0 aromatic carbocycles. The second-order valence-electron chi connectivity index (χ2n) is 3.26. The number of aryl methyl sites for hydroxylation is 1. The first-order chi connectivity index (χ1) is 7.18. The minimum atomic E-state index is -0.716. The lowest BCUT2D eigenvalue weighted by atomic mass is 10.2. The second-order valence-corrected chi connectivity index (χ2v) is 4.32. The largest absolute Gasteiger partial charge is 0.481 e. The molecule has 0 saturated carbocycles. The fourth-order valence-electron chi connectivity index (χ4n) is 1.11. The Hall–Kier alpha value is -1.04. The number of carboxylic acid groups (broad SMARTS) is 1. The van der Waals surface area contributed by atoms with Crippen LogP contribution in [-0.2, 0) is 4.79 Å². The lowest BCUT2D eigenvalue weighted by molar-refractivity contribution is -0.137. The van der Waals surface area contributed by atoms with Gasteiger partial charge in [-0.2, -0.15) is 0 Å². The van der Waals surface area contributed by atoms with Gasteiger partial charge < -0.3 is 5.11 Å². The summed E-state index contributed by atoms with van der Waals surface area (Å²) in [6, 6.07) is 0. The Bertz CT molecular complexity index is 314. The van der Waals surface area contributed by atoms with E-state index in [0.717, 1.165) is 36.0 Å². The predicted molar refractivity (Wildman–Crippen MR) is 57.9 cm³/mol. The summed E-state index contributed by atoms with van der Waals surface area (Å²) < 4.78 is 0. The SMILES string of the molecule is Cc1nc(SCCCCCC(=O)O)n[nH]1. The van der Waals surface area contributed by atoms with Gasteiger partial charge in [-0.05, 0) is 19.8 Å². The van der Waals surface area contributed by atoms with Crippen LogP contribution in [0, 0.1) is 6.92 Å². The molecule has 5 nitrogen and oxygen atoms in total. The molecule has 1 rings (SSSR count). The fourth-order valence-corrected chi connectivity index (χ4v) is 1.95. The smallest absolute Gasteiger partial charge is 0.303 e. The molecule has 0 fully saturated rings. The van der Waals surface area contributed by atoms with Crippen molar-refractivity contribution >= 4 is 17.7 Å². The first-order valence-corrected chi connectivity index (χ1v) is 5.90. The summed E-state index contributed by atoms with van der Waals surface area (Å²) in [5.41, 5.74) is 0. The van der Waals surface area contributed by atoms with Gasteiger partial charge in [-0.25, -0.2) is 4.98 Å². The van der Waals surface area contributed by atoms with Gasteiger partial charge in [0.2, 0.25) is 5.16 Å². The number of H-pyrrole nitrogens is 1. The quantitative estimate of drug-likeness (QED) is 0.551. The fraction of sp³-hybridized carbons (Fsp3) is 0.667. The number of rotatable bonds is 7. The van der Waals surface area contributed by atoms with Crippen molar-refractivity contribution in [1.82, 2.24) is 15.2 Å². The number of thioether (sulfide) groups is 1. The highest BCUT2D eigenvalue weighted by Gasteiger charge is 2.00. The van der Waals surface area contributed by atoms with Crippen LogP contribution >= 0.6 is 11.8 Å². The number of carboxylic acids is 1. The Morgan fingerprint density at radius 3 is 2.87 bits per heavy atom. The molecule has 0 bridgehead atoms. The van der Waals surface area contributed by atoms with E-state index in [2.05, 4.69) is 15.2 Å². The van der Waals surface area contributed by atoms with Gasteiger partial charge in [0.05, 0.1) is 0 Å². The molecule has 0 aliphatic heterocycles. The molecule has 0 atom stereocenters. The number of unbranched alkanes of at least 4 members (excludes halogenated alkanes) is 2. The maximum absolute atomic E-state index is 10.2. The summed E-state index contributed by atoms with van der Waals surface area (Å²) in [6.45, 7) is 1.86. The van der Waals surface area contributed by atoms with E-state index in [-0.39, 0.29) is 6.42 Å². The van der Waals surface area contributed by atoms with Crippen molar-refractivity contribution in [3.63, 3.8) is 0 Å². The Balaban J connectivity index is 2.00. The Kier molecular flexibility index (Phi) is 5.17. The first-order valence-electron chi connectivity index (χ1n) is 4.92. The normalized spacial score (nSPS) is 10.5. The summed E-state index contributed by atoms with van der Waals surface area (Å²) in [4.78, 5) is 14.4. The zero-order valence-electron chi connectivity index (χ0n) is 8.69. The number of nitrogens with one attached hydrogen (secondary N) is 1. The number of hydrogen-bond donors (Lipinski definition) is 2. The lowest BCUT2D eigenvalue weighted by Crippen LogP contribution is -1.93. The molecule has 0 aliphatic rings. The van der Waals surface area contributed by atoms with Crippen LogP contribution in [0.25, 0.3) is 0 Å². The Labute approximate surface area is 92.7 Å². The third kappa shape index (κ3) is 5.41. The van der Waals surface area contributed by atoms with E-state index in [1.54, 1.807) is 11.8 Å². The average Bonchev–Trinajstić information content (AvgIpc) is 2.57. The molecular weight excluding hydrogens is 214 g/mol. The first kappa shape index (κ1) is 12.0. The highest BCUT2D eigenvalue weighted by Crippen LogP contribution is 2.14. The molecule has 84 valence electrons. The van der Waals surface area contributed by atoms with Crippen LogP contribution in [0.4, 0.5) is 0 Å². The van der Waals surface area contributed by atoms with Crippen molar-refractivity contribution in [1.29, 1.82) is 0 Å². The van der Waals surface area contributed by atoms with Crippen LogP contribution in [0.15, 0.2) is 5.16 Å². The van der Waals surface area contributed by atoms with Crippen molar-refractivity contribution in [2.75, 3.05) is 5.75 Å². The number of aromatic nitrogens is 3. The molecular formula is C9H15N3O2S. The topological polar surface area (TPSA) is 78.9 Å². The van der Waals surface area contributed by atoms with Crippen molar-refractivity contribution in [3.8, 4) is 0 Å². The zero-order valence-corrected chi connectivity index (χ0v) is 9.51. The molecule has 0 amide bonds. The van der Waals surface area contributed by atoms with E-state index >= 15 is 0 Å². The van der Waals surface area contributed by atoms with Gasteiger partial charge in [0.15, 0.2) is 0 Å². The summed E-state index contributed by atoms with van der Waals surface area (Å²) in [6.07, 6.45) is 2.97. The van der Waals surface area contributed by atoms with E-state index in [4.69, 9.17) is 5.11 Å². The molecule has 0 radical (unpaired) electrons. The van der Waals surface area contributed by atoms with Gasteiger partial charge in [0.1, 0.15) is 5.82 Å². The summed E-state index contributed by atoms with van der Waals surface area (Å²) in [7, 11) is 0. The van der Waals surface area contributed by atoms with E-state index in [0.29, 0.717) is 0 Å². The number of aromatic amines is 1. The standard InChI is InChI=1S/C9H15N3O2S/c1-7-10-9(12-11-7)15-6-4-2-3-5-8(13)14/h2-6H2,1H3,(H,13,14)(H,10,11,12). The summed E-state index contributed by atoms with van der Waals surface area (Å²) >= 11 is 1.60. The van der Waals surface area contributed by atoms with Crippen LogP contribution < -0.4 is 0 Å². The molecule has 0 spiro atoms. The van der Waals surface area contributed by atoms with Crippen molar-refractivity contribution < 1.29 is 9.90 Å². The third-order valence-corrected chi connectivity index (χ3v) is 2.78. The van der Waals surface area contributed by atoms with Crippen molar-refractivity contribution in [2.45, 2.75) is 37.8 Å². The lowest BCUT2D eigenvalue weighted by Gasteiger charge is -1.96. The minimum Gasteiger partial charge on any atom is -0.481 e. The number of carbonyl (C=O) groups is 1. The van der Waals surface area contributed by atoms with E-state index in [9.17, 15) is 4.79 Å². The van der Waals surface area contributed by atoms with Gasteiger partial charge in [-0.3, -0.25) is 9.89 Å². The maximum atomic E-state index is 10.2. The van der Waals surface area contributed by atoms with Gasteiger partial charge in [0, 0.05) is 12.2 Å². The maximum Gasteiger partial charge on any atom is 0.303 e. The predicted octanol–water partition coefficient (Wildman–Crippen LogP) is 1.85. The van der Waals surface area contributed by atoms with Crippen LogP contribution in [0.3, 0.4) is 0 Å². The highest BCUT2D eigenvalue weighted by molar-refractivity contribution is 7.99. The number of nitrogens with zero attached hydrogens (tertiary/aromatic N) is 2. The average molecular weight is 229 g/mol. The molecule has 6 heteroatoms.